The van der Waals surface area contributed by atoms with Crippen LogP contribution in [0.2, 0.25) is 0 Å². The number of benzene rings is 1. The molecule has 16 heavy (non-hydrogen) atoms. The van der Waals surface area contributed by atoms with Crippen LogP contribution in [0.15, 0.2) is 18.2 Å². The fourth-order valence-corrected chi connectivity index (χ4v) is 1.52. The molecule has 88 valence electrons. The molecule has 0 aliphatic rings. The van der Waals surface area contributed by atoms with Crippen molar-refractivity contribution in [3.63, 3.8) is 0 Å². The monoisotopic (exact) mass is 221 g/mol. The van der Waals surface area contributed by atoms with Crippen molar-refractivity contribution < 1.29 is 9.53 Å². The van der Waals surface area contributed by atoms with Gasteiger partial charge in [0.15, 0.2) is 5.78 Å². The first-order valence-electron chi connectivity index (χ1n) is 5.41. The van der Waals surface area contributed by atoms with Crippen LogP contribution in [0, 0.1) is 12.8 Å². The standard InChI is InChI=1S/C13H19NO2/c1-8(2)12(14)13(15)11-6-5-10(16-4)7-9(11)3/h5-8,12H,14H2,1-4H3. The normalized spacial score (nSPS) is 12.6. The van der Waals surface area contributed by atoms with Gasteiger partial charge in [-0.3, -0.25) is 4.79 Å². The maximum absolute atomic E-state index is 12.0. The minimum Gasteiger partial charge on any atom is -0.497 e. The predicted octanol–water partition coefficient (Wildman–Crippen LogP) is 2.17. The van der Waals surface area contributed by atoms with Gasteiger partial charge in [0, 0.05) is 5.56 Å². The molecular formula is C13H19NO2. The zero-order valence-electron chi connectivity index (χ0n) is 10.3. The van der Waals surface area contributed by atoms with Crippen molar-refractivity contribution >= 4 is 5.78 Å². The minimum absolute atomic E-state index is 0.00449. The van der Waals surface area contributed by atoms with Gasteiger partial charge in [-0.05, 0) is 36.6 Å². The summed E-state index contributed by atoms with van der Waals surface area (Å²) in [6, 6.07) is 4.97. The molecule has 1 aromatic carbocycles. The topological polar surface area (TPSA) is 52.3 Å². The summed E-state index contributed by atoms with van der Waals surface area (Å²) < 4.78 is 5.10. The molecule has 1 atom stereocenters. The molecule has 0 saturated heterocycles. The van der Waals surface area contributed by atoms with E-state index >= 15 is 0 Å². The van der Waals surface area contributed by atoms with Gasteiger partial charge in [-0.15, -0.1) is 0 Å². The van der Waals surface area contributed by atoms with E-state index in [0.717, 1.165) is 11.3 Å². The summed E-state index contributed by atoms with van der Waals surface area (Å²) in [5, 5.41) is 0. The molecule has 1 rings (SSSR count). The smallest absolute Gasteiger partial charge is 0.180 e. The van der Waals surface area contributed by atoms with Crippen LogP contribution in [0.25, 0.3) is 0 Å². The molecule has 3 nitrogen and oxygen atoms in total. The summed E-state index contributed by atoms with van der Waals surface area (Å²) in [6.07, 6.45) is 0. The molecule has 0 amide bonds. The van der Waals surface area contributed by atoms with E-state index in [2.05, 4.69) is 0 Å². The molecule has 1 aromatic rings. The number of ether oxygens (including phenoxy) is 1. The molecule has 3 heteroatoms. The van der Waals surface area contributed by atoms with Gasteiger partial charge in [0.05, 0.1) is 13.2 Å². The third-order valence-electron chi connectivity index (χ3n) is 2.72. The van der Waals surface area contributed by atoms with E-state index in [9.17, 15) is 4.79 Å². The summed E-state index contributed by atoms with van der Waals surface area (Å²) in [7, 11) is 1.61. The maximum Gasteiger partial charge on any atom is 0.180 e. The summed E-state index contributed by atoms with van der Waals surface area (Å²) >= 11 is 0. The summed E-state index contributed by atoms with van der Waals surface area (Å²) in [5.74, 6) is 0.899. The zero-order chi connectivity index (χ0) is 12.3. The Labute approximate surface area is 96.6 Å². The Morgan fingerprint density at radius 1 is 1.38 bits per heavy atom. The lowest BCUT2D eigenvalue weighted by molar-refractivity contribution is 0.0940. The molecule has 0 saturated carbocycles. The zero-order valence-corrected chi connectivity index (χ0v) is 10.3. The summed E-state index contributed by atoms with van der Waals surface area (Å²) in [4.78, 5) is 12.0. The Morgan fingerprint density at radius 3 is 2.44 bits per heavy atom. The van der Waals surface area contributed by atoms with E-state index < -0.39 is 6.04 Å². The quantitative estimate of drug-likeness (QED) is 0.793. The SMILES string of the molecule is COc1ccc(C(=O)C(N)C(C)C)c(C)c1. The van der Waals surface area contributed by atoms with Crippen LogP contribution in [0.4, 0.5) is 0 Å². The minimum atomic E-state index is -0.438. The van der Waals surface area contributed by atoms with E-state index in [0.29, 0.717) is 5.56 Å². The highest BCUT2D eigenvalue weighted by atomic mass is 16.5. The molecule has 0 bridgehead atoms. The van der Waals surface area contributed by atoms with Crippen LogP contribution >= 0.6 is 0 Å². The van der Waals surface area contributed by atoms with Gasteiger partial charge in [-0.1, -0.05) is 13.8 Å². The lowest BCUT2D eigenvalue weighted by Gasteiger charge is -2.16. The molecular weight excluding hydrogens is 202 g/mol. The number of carbonyl (C=O) groups excluding carboxylic acids is 1. The van der Waals surface area contributed by atoms with Crippen molar-refractivity contribution in [1.82, 2.24) is 0 Å². The number of aryl methyl sites for hydroxylation is 1. The number of carbonyl (C=O) groups is 1. The molecule has 0 spiro atoms. The van der Waals surface area contributed by atoms with E-state index in [4.69, 9.17) is 10.5 Å². The van der Waals surface area contributed by atoms with Crippen LogP contribution in [0.5, 0.6) is 5.75 Å². The summed E-state index contributed by atoms with van der Waals surface area (Å²) in [5.41, 5.74) is 7.44. The Bertz CT molecular complexity index is 386. The lowest BCUT2D eigenvalue weighted by atomic mass is 9.93. The number of hydrogen-bond acceptors (Lipinski definition) is 3. The molecule has 0 fully saturated rings. The molecule has 0 aliphatic heterocycles. The number of Topliss-reactive ketones (excluding diaryl/α,β-unsaturated/α-hetero) is 1. The third-order valence-corrected chi connectivity index (χ3v) is 2.72. The Kier molecular flexibility index (Phi) is 4.07. The molecule has 0 aromatic heterocycles. The second-order valence-corrected chi connectivity index (χ2v) is 4.31. The second-order valence-electron chi connectivity index (χ2n) is 4.31. The Hall–Kier alpha value is -1.35. The average molecular weight is 221 g/mol. The van der Waals surface area contributed by atoms with Crippen LogP contribution in [-0.4, -0.2) is 18.9 Å². The molecule has 0 heterocycles. The number of methoxy groups -OCH3 is 1. The summed E-state index contributed by atoms with van der Waals surface area (Å²) in [6.45, 7) is 5.78. The van der Waals surface area contributed by atoms with Crippen molar-refractivity contribution in [1.29, 1.82) is 0 Å². The lowest BCUT2D eigenvalue weighted by Crippen LogP contribution is -2.35. The van der Waals surface area contributed by atoms with Gasteiger partial charge in [0.2, 0.25) is 0 Å². The largest absolute Gasteiger partial charge is 0.497 e. The maximum atomic E-state index is 12.0. The Morgan fingerprint density at radius 2 is 2.00 bits per heavy atom. The van der Waals surface area contributed by atoms with Crippen LogP contribution in [-0.2, 0) is 0 Å². The van der Waals surface area contributed by atoms with Gasteiger partial charge in [-0.2, -0.15) is 0 Å². The van der Waals surface area contributed by atoms with Gasteiger partial charge in [0.1, 0.15) is 5.75 Å². The van der Waals surface area contributed by atoms with E-state index in [1.165, 1.54) is 0 Å². The van der Waals surface area contributed by atoms with Gasteiger partial charge < -0.3 is 10.5 Å². The molecule has 2 N–H and O–H groups in total. The molecule has 0 radical (unpaired) electrons. The van der Waals surface area contributed by atoms with E-state index in [-0.39, 0.29) is 11.7 Å². The first-order chi connectivity index (χ1) is 7.47. The average Bonchev–Trinajstić information content (AvgIpc) is 2.26. The highest BCUT2D eigenvalue weighted by molar-refractivity contribution is 6.01. The number of ketones is 1. The molecule has 0 aliphatic carbocycles. The van der Waals surface area contributed by atoms with Crippen LogP contribution in [0.1, 0.15) is 29.8 Å². The first kappa shape index (κ1) is 12.7. The number of rotatable bonds is 4. The number of nitrogens with two attached hydrogens (primary N) is 1. The van der Waals surface area contributed by atoms with Crippen molar-refractivity contribution in [2.75, 3.05) is 7.11 Å². The van der Waals surface area contributed by atoms with Crippen LogP contribution in [0.3, 0.4) is 0 Å². The third kappa shape index (κ3) is 2.61. The van der Waals surface area contributed by atoms with Gasteiger partial charge in [0.25, 0.3) is 0 Å². The second kappa shape index (κ2) is 5.12. The fraction of sp³-hybridized carbons (Fsp3) is 0.462. The van der Waals surface area contributed by atoms with Crippen LogP contribution < -0.4 is 10.5 Å². The first-order valence-corrected chi connectivity index (χ1v) is 5.41. The van der Waals surface area contributed by atoms with Crippen molar-refractivity contribution in [3.8, 4) is 5.75 Å². The highest BCUT2D eigenvalue weighted by Crippen LogP contribution is 2.19. The van der Waals surface area contributed by atoms with Gasteiger partial charge >= 0.3 is 0 Å². The predicted molar refractivity (Wildman–Crippen MR) is 64.9 cm³/mol. The Balaban J connectivity index is 3.01. The van der Waals surface area contributed by atoms with Gasteiger partial charge in [-0.25, -0.2) is 0 Å². The fourth-order valence-electron chi connectivity index (χ4n) is 1.52. The van der Waals surface area contributed by atoms with E-state index in [1.807, 2.05) is 26.8 Å². The van der Waals surface area contributed by atoms with Crippen molar-refractivity contribution in [2.24, 2.45) is 11.7 Å². The van der Waals surface area contributed by atoms with Crippen molar-refractivity contribution in [3.05, 3.63) is 29.3 Å². The van der Waals surface area contributed by atoms with Crippen molar-refractivity contribution in [2.45, 2.75) is 26.8 Å². The number of hydrogen-bond donors (Lipinski definition) is 1. The molecule has 1 unspecified atom stereocenters. The highest BCUT2D eigenvalue weighted by Gasteiger charge is 2.20. The van der Waals surface area contributed by atoms with E-state index in [1.54, 1.807) is 19.2 Å².